The Morgan fingerprint density at radius 3 is 2.54 bits per heavy atom. The third-order valence-electron chi connectivity index (χ3n) is 4.72. The van der Waals surface area contributed by atoms with Crippen LogP contribution in [0.2, 0.25) is 0 Å². The van der Waals surface area contributed by atoms with Crippen molar-refractivity contribution in [1.82, 2.24) is 0 Å². The first-order valence-corrected chi connectivity index (χ1v) is 7.77. The molecule has 1 aromatic rings. The molecule has 0 aromatic heterocycles. The molecule has 0 bridgehead atoms. The zero-order chi connectivity index (χ0) is 17.5. The van der Waals surface area contributed by atoms with E-state index in [1.54, 1.807) is 24.3 Å². The van der Waals surface area contributed by atoms with Crippen molar-refractivity contribution in [2.45, 2.75) is 19.3 Å². The average molecular weight is 323 g/mol. The van der Waals surface area contributed by atoms with E-state index in [4.69, 9.17) is 0 Å². The minimum Gasteiger partial charge on any atom is -0.289 e. The average Bonchev–Trinajstić information content (AvgIpc) is 2.73. The third-order valence-corrected chi connectivity index (χ3v) is 4.72. The molecule has 1 N–H and O–H groups in total. The number of hydrogen-bond acceptors (Lipinski definition) is 3. The molecule has 1 aromatic carbocycles. The number of nitro benzene ring substituents is 1. The van der Waals surface area contributed by atoms with Crippen molar-refractivity contribution in [3.05, 3.63) is 81.6 Å². The fourth-order valence-corrected chi connectivity index (χ4v) is 3.37. The molecule has 0 spiro atoms. The van der Waals surface area contributed by atoms with Crippen LogP contribution in [0.4, 0.5) is 11.4 Å². The maximum atomic E-state index is 11.9. The van der Waals surface area contributed by atoms with E-state index in [0.29, 0.717) is 5.57 Å². The van der Waals surface area contributed by atoms with Crippen LogP contribution in [0.15, 0.2) is 65.9 Å². The molecule has 1 aliphatic heterocycles. The number of fused-ring (bicyclic) bond motifs is 1. The zero-order valence-corrected chi connectivity index (χ0v) is 13.9. The molecule has 24 heavy (non-hydrogen) atoms. The van der Waals surface area contributed by atoms with E-state index in [2.05, 4.69) is 13.8 Å². The van der Waals surface area contributed by atoms with E-state index >= 15 is 0 Å². The quantitative estimate of drug-likeness (QED) is 0.517. The Morgan fingerprint density at radius 2 is 1.88 bits per heavy atom. The number of hydrogen-bond donors (Lipinski definition) is 1. The molecule has 0 saturated heterocycles. The number of ketones is 1. The molecule has 1 atom stereocenters. The summed E-state index contributed by atoms with van der Waals surface area (Å²) in [6.45, 7) is 4.10. The summed E-state index contributed by atoms with van der Waals surface area (Å²) in [5.41, 5.74) is 3.44. The molecule has 122 valence electrons. The first-order chi connectivity index (χ1) is 11.3. The van der Waals surface area contributed by atoms with Crippen molar-refractivity contribution >= 4 is 17.2 Å². The number of benzene rings is 1. The van der Waals surface area contributed by atoms with Crippen LogP contribution in [0.25, 0.3) is 0 Å². The second-order valence-electron chi connectivity index (χ2n) is 6.52. The number of nitro groups is 1. The highest BCUT2D eigenvalue weighted by Crippen LogP contribution is 2.39. The normalized spacial score (nSPS) is 24.6. The molecule has 5 nitrogen and oxygen atoms in total. The van der Waals surface area contributed by atoms with Gasteiger partial charge in [0.25, 0.3) is 5.69 Å². The highest BCUT2D eigenvalue weighted by molar-refractivity contribution is 6.07. The van der Waals surface area contributed by atoms with Crippen LogP contribution >= 0.6 is 0 Å². The fraction of sp³-hybridized carbons (Fsp3) is 0.211. The first-order valence-electron chi connectivity index (χ1n) is 7.77. The highest BCUT2D eigenvalue weighted by Gasteiger charge is 2.44. The number of nitrogens with zero attached hydrogens (tertiary/aromatic N) is 1. The molecule has 1 unspecified atom stereocenters. The van der Waals surface area contributed by atoms with Gasteiger partial charge < -0.3 is 0 Å². The lowest BCUT2D eigenvalue weighted by Crippen LogP contribution is -3.01. The Bertz CT molecular complexity index is 857. The van der Waals surface area contributed by atoms with Gasteiger partial charge in [-0.2, -0.15) is 0 Å². The Hall–Kier alpha value is -2.79. The van der Waals surface area contributed by atoms with Gasteiger partial charge in [0, 0.05) is 29.3 Å². The number of likely N-dealkylation sites (N-methyl/N-ethyl adjacent to an activating group) is 1. The van der Waals surface area contributed by atoms with Crippen molar-refractivity contribution in [3.8, 4) is 0 Å². The Labute approximate surface area is 140 Å². The zero-order valence-electron chi connectivity index (χ0n) is 13.9. The Morgan fingerprint density at radius 1 is 1.17 bits per heavy atom. The highest BCUT2D eigenvalue weighted by atomic mass is 16.6. The van der Waals surface area contributed by atoms with Gasteiger partial charge in [-0.3, -0.25) is 19.8 Å². The van der Waals surface area contributed by atoms with Gasteiger partial charge >= 0.3 is 0 Å². The minimum atomic E-state index is -0.368. The Balaban J connectivity index is 2.05. The molecule has 5 heteroatoms. The maximum absolute atomic E-state index is 11.9. The summed E-state index contributed by atoms with van der Waals surface area (Å²) in [5.74, 6) is -0.0176. The summed E-state index contributed by atoms with van der Waals surface area (Å²) < 4.78 is 0. The molecule has 0 saturated carbocycles. The van der Waals surface area contributed by atoms with Crippen LogP contribution in [-0.4, -0.2) is 17.8 Å². The van der Waals surface area contributed by atoms with Gasteiger partial charge in [-0.05, 0) is 32.1 Å². The smallest absolute Gasteiger partial charge is 0.270 e. The van der Waals surface area contributed by atoms with Gasteiger partial charge in [0.15, 0.2) is 5.78 Å². The summed E-state index contributed by atoms with van der Waals surface area (Å²) in [6.07, 6.45) is 10.7. The third kappa shape index (κ3) is 2.53. The summed E-state index contributed by atoms with van der Waals surface area (Å²) in [6, 6.07) is 5.01. The lowest BCUT2D eigenvalue weighted by Gasteiger charge is -2.18. The lowest BCUT2D eigenvalue weighted by atomic mass is 9.83. The largest absolute Gasteiger partial charge is 0.289 e. The van der Waals surface area contributed by atoms with Crippen LogP contribution in [0.3, 0.4) is 0 Å². The number of rotatable bonds is 2. The van der Waals surface area contributed by atoms with Crippen LogP contribution in [0.1, 0.15) is 19.4 Å². The van der Waals surface area contributed by atoms with Crippen LogP contribution in [0.5, 0.6) is 0 Å². The van der Waals surface area contributed by atoms with Gasteiger partial charge in [-0.15, -0.1) is 0 Å². The second kappa shape index (κ2) is 5.69. The van der Waals surface area contributed by atoms with Crippen LogP contribution in [0, 0.1) is 10.1 Å². The topological polar surface area (TPSA) is 64.7 Å². The minimum absolute atomic E-state index is 0.0176. The number of allylic oxidation sites excluding steroid dienone is 8. The maximum Gasteiger partial charge on any atom is 0.270 e. The van der Waals surface area contributed by atoms with E-state index in [1.165, 1.54) is 6.07 Å². The van der Waals surface area contributed by atoms with E-state index in [0.717, 1.165) is 21.8 Å². The number of quaternary nitrogens is 1. The van der Waals surface area contributed by atoms with Crippen molar-refractivity contribution in [2.75, 3.05) is 7.05 Å². The van der Waals surface area contributed by atoms with Crippen LogP contribution in [-0.2, 0) is 10.2 Å². The summed E-state index contributed by atoms with van der Waals surface area (Å²) in [7, 11) is 2.02. The molecule has 0 amide bonds. The van der Waals surface area contributed by atoms with Gasteiger partial charge in [0.05, 0.1) is 17.4 Å². The molecule has 3 rings (SSSR count). The standard InChI is InChI=1S/C19H18N2O3/c1-19(2)15-12-14(21(23)24)9-10-16(15)20(3)18(19)11-8-13-6-4-5-7-17(13)22/h4-12H,1-3H3/p+1. The van der Waals surface area contributed by atoms with Crippen molar-refractivity contribution in [3.63, 3.8) is 0 Å². The van der Waals surface area contributed by atoms with E-state index in [9.17, 15) is 14.9 Å². The van der Waals surface area contributed by atoms with Gasteiger partial charge in [-0.1, -0.05) is 18.2 Å². The SMILES string of the molecule is C[NH+]1C(=CC=C2C=CC=CC2=O)C(C)(C)c2cc([N+](=O)[O-])ccc21. The number of carbonyl (C=O) groups excluding carboxylic acids is 1. The van der Waals surface area contributed by atoms with Gasteiger partial charge in [0.2, 0.25) is 0 Å². The van der Waals surface area contributed by atoms with Crippen LogP contribution < -0.4 is 4.90 Å². The number of carbonyl (C=O) groups is 1. The molecule has 1 aliphatic carbocycles. The van der Waals surface area contributed by atoms with E-state index in [-0.39, 0.29) is 21.8 Å². The monoisotopic (exact) mass is 323 g/mol. The molecule has 1 heterocycles. The summed E-state index contributed by atoms with van der Waals surface area (Å²) >= 11 is 0. The summed E-state index contributed by atoms with van der Waals surface area (Å²) in [5, 5.41) is 11.1. The first kappa shape index (κ1) is 16.1. The fourth-order valence-electron chi connectivity index (χ4n) is 3.37. The number of non-ortho nitro benzene ring substituents is 1. The van der Waals surface area contributed by atoms with E-state index in [1.807, 2.05) is 31.3 Å². The molecule has 2 aliphatic rings. The van der Waals surface area contributed by atoms with E-state index < -0.39 is 0 Å². The Kier molecular flexibility index (Phi) is 3.81. The predicted molar refractivity (Wildman–Crippen MR) is 92.1 cm³/mol. The van der Waals surface area contributed by atoms with Crippen molar-refractivity contribution < 1.29 is 14.6 Å². The van der Waals surface area contributed by atoms with Gasteiger partial charge in [-0.25, -0.2) is 0 Å². The predicted octanol–water partition coefficient (Wildman–Crippen LogP) is 2.54. The van der Waals surface area contributed by atoms with Crippen molar-refractivity contribution in [2.24, 2.45) is 0 Å². The van der Waals surface area contributed by atoms with Gasteiger partial charge in [0.1, 0.15) is 11.4 Å². The van der Waals surface area contributed by atoms with Crippen molar-refractivity contribution in [1.29, 1.82) is 0 Å². The molecule has 0 radical (unpaired) electrons. The summed E-state index contributed by atoms with van der Waals surface area (Å²) in [4.78, 5) is 23.6. The second-order valence-corrected chi connectivity index (χ2v) is 6.52. The molecule has 0 fully saturated rings. The molecular weight excluding hydrogens is 304 g/mol. The number of nitrogens with one attached hydrogen (secondary N) is 1. The lowest BCUT2D eigenvalue weighted by molar-refractivity contribution is -0.764. The molecular formula is C19H19N2O3+.